The number of hydrogen-bond acceptors (Lipinski definition) is 2. The van der Waals surface area contributed by atoms with Crippen molar-refractivity contribution >= 4 is 11.6 Å². The Hall–Kier alpha value is -2.74. The molecule has 0 saturated heterocycles. The first-order valence-electron chi connectivity index (χ1n) is 5.79. The van der Waals surface area contributed by atoms with Crippen LogP contribution >= 0.6 is 0 Å². The molecule has 0 fully saturated rings. The fourth-order valence-corrected chi connectivity index (χ4v) is 1.75. The molecule has 2 rings (SSSR count). The average Bonchev–Trinajstić information content (AvgIpc) is 2.42. The number of benzene rings is 2. The molecule has 0 spiro atoms. The van der Waals surface area contributed by atoms with Gasteiger partial charge in [0.1, 0.15) is 23.3 Å². The number of halogens is 2. The van der Waals surface area contributed by atoms with E-state index in [2.05, 4.69) is 5.32 Å². The molecule has 0 bridgehead atoms. The summed E-state index contributed by atoms with van der Waals surface area (Å²) in [7, 11) is 0. The van der Waals surface area contributed by atoms with Gasteiger partial charge in [-0.3, -0.25) is 4.79 Å². The molecule has 0 unspecified atom stereocenters. The van der Waals surface area contributed by atoms with Gasteiger partial charge < -0.3 is 5.32 Å². The molecule has 100 valence electrons. The van der Waals surface area contributed by atoms with Crippen molar-refractivity contribution in [3.05, 3.63) is 64.7 Å². The monoisotopic (exact) mass is 272 g/mol. The summed E-state index contributed by atoms with van der Waals surface area (Å²) >= 11 is 0. The normalized spacial score (nSPS) is 9.90. The molecule has 0 aromatic heterocycles. The maximum absolute atomic E-state index is 13.8. The second kappa shape index (κ2) is 5.49. The second-order valence-corrected chi connectivity index (χ2v) is 4.16. The van der Waals surface area contributed by atoms with Crippen LogP contribution in [0.3, 0.4) is 0 Å². The molecular weight excluding hydrogens is 262 g/mol. The van der Waals surface area contributed by atoms with Crippen LogP contribution < -0.4 is 5.32 Å². The molecular formula is C15H10F2N2O. The van der Waals surface area contributed by atoms with Gasteiger partial charge in [-0.25, -0.2) is 8.78 Å². The van der Waals surface area contributed by atoms with Crippen LogP contribution in [0.15, 0.2) is 36.4 Å². The lowest BCUT2D eigenvalue weighted by Crippen LogP contribution is -2.15. The summed E-state index contributed by atoms with van der Waals surface area (Å²) < 4.78 is 27.2. The summed E-state index contributed by atoms with van der Waals surface area (Å²) in [5, 5.41) is 11.2. The molecule has 5 heteroatoms. The Morgan fingerprint density at radius 3 is 2.60 bits per heavy atom. The zero-order valence-corrected chi connectivity index (χ0v) is 10.6. The molecule has 0 heterocycles. The lowest BCUT2D eigenvalue weighted by atomic mass is 10.1. The van der Waals surface area contributed by atoms with Gasteiger partial charge >= 0.3 is 0 Å². The minimum atomic E-state index is -0.741. The standard InChI is InChI=1S/C15H10F2N2O/c1-9-4-2-5-10(14(9)17)15(20)19-13-7-3-6-12(16)11(13)8-18/h2-7H,1H3,(H,19,20). The van der Waals surface area contributed by atoms with Crippen molar-refractivity contribution in [1.82, 2.24) is 0 Å². The van der Waals surface area contributed by atoms with Crippen LogP contribution in [0.1, 0.15) is 21.5 Å². The van der Waals surface area contributed by atoms with E-state index in [4.69, 9.17) is 5.26 Å². The van der Waals surface area contributed by atoms with E-state index in [-0.39, 0.29) is 16.8 Å². The van der Waals surface area contributed by atoms with Gasteiger partial charge in [0.25, 0.3) is 5.91 Å². The van der Waals surface area contributed by atoms with Crippen molar-refractivity contribution in [3.8, 4) is 6.07 Å². The Kier molecular flexibility index (Phi) is 3.76. The molecule has 2 aromatic carbocycles. The van der Waals surface area contributed by atoms with Gasteiger partial charge in [0.15, 0.2) is 0 Å². The number of amides is 1. The maximum Gasteiger partial charge on any atom is 0.258 e. The molecule has 0 aliphatic carbocycles. The summed E-state index contributed by atoms with van der Waals surface area (Å²) in [4.78, 5) is 12.0. The van der Waals surface area contributed by atoms with Crippen molar-refractivity contribution in [2.24, 2.45) is 0 Å². The summed E-state index contributed by atoms with van der Waals surface area (Å²) in [6.07, 6.45) is 0. The number of nitrogens with zero attached hydrogens (tertiary/aromatic N) is 1. The smallest absolute Gasteiger partial charge is 0.258 e. The Balaban J connectivity index is 2.36. The number of carbonyl (C=O) groups is 1. The van der Waals surface area contributed by atoms with E-state index < -0.39 is 17.5 Å². The molecule has 0 aliphatic heterocycles. The van der Waals surface area contributed by atoms with Crippen LogP contribution in [0.4, 0.5) is 14.5 Å². The highest BCUT2D eigenvalue weighted by molar-refractivity contribution is 6.05. The summed E-state index contributed by atoms with van der Waals surface area (Å²) in [5.41, 5.74) is -0.0946. The van der Waals surface area contributed by atoms with E-state index >= 15 is 0 Å². The quantitative estimate of drug-likeness (QED) is 0.911. The van der Waals surface area contributed by atoms with E-state index in [9.17, 15) is 13.6 Å². The van der Waals surface area contributed by atoms with Crippen LogP contribution in [0.25, 0.3) is 0 Å². The van der Waals surface area contributed by atoms with Gasteiger partial charge in [0, 0.05) is 0 Å². The third-order valence-corrected chi connectivity index (χ3v) is 2.81. The van der Waals surface area contributed by atoms with Crippen LogP contribution in [0.2, 0.25) is 0 Å². The number of nitrogens with one attached hydrogen (secondary N) is 1. The van der Waals surface area contributed by atoms with Crippen LogP contribution in [0, 0.1) is 29.9 Å². The number of aryl methyl sites for hydroxylation is 1. The SMILES string of the molecule is Cc1cccc(C(=O)Nc2cccc(F)c2C#N)c1F. The molecule has 1 N–H and O–H groups in total. The van der Waals surface area contributed by atoms with E-state index in [1.165, 1.54) is 31.2 Å². The van der Waals surface area contributed by atoms with Crippen LogP contribution in [-0.2, 0) is 0 Å². The van der Waals surface area contributed by atoms with Crippen molar-refractivity contribution in [1.29, 1.82) is 5.26 Å². The third kappa shape index (κ3) is 2.50. The Bertz CT molecular complexity index is 720. The van der Waals surface area contributed by atoms with Gasteiger partial charge in [-0.2, -0.15) is 5.26 Å². The van der Waals surface area contributed by atoms with Crippen molar-refractivity contribution in [3.63, 3.8) is 0 Å². The van der Waals surface area contributed by atoms with E-state index in [1.807, 2.05) is 0 Å². The number of anilines is 1. The first-order valence-corrected chi connectivity index (χ1v) is 5.79. The molecule has 0 radical (unpaired) electrons. The van der Waals surface area contributed by atoms with Crippen molar-refractivity contribution in [2.75, 3.05) is 5.32 Å². The first kappa shape index (κ1) is 13.7. The summed E-state index contributed by atoms with van der Waals surface area (Å²) in [6.45, 7) is 1.54. The minimum Gasteiger partial charge on any atom is -0.321 e. The molecule has 20 heavy (non-hydrogen) atoms. The number of hydrogen-bond donors (Lipinski definition) is 1. The highest BCUT2D eigenvalue weighted by atomic mass is 19.1. The number of rotatable bonds is 2. The fraction of sp³-hybridized carbons (Fsp3) is 0.0667. The zero-order valence-electron chi connectivity index (χ0n) is 10.6. The summed E-state index contributed by atoms with van der Waals surface area (Å²) in [6, 6.07) is 9.92. The lowest BCUT2D eigenvalue weighted by Gasteiger charge is -2.09. The molecule has 0 atom stereocenters. The van der Waals surface area contributed by atoms with Gasteiger partial charge in [-0.05, 0) is 30.7 Å². The van der Waals surface area contributed by atoms with Crippen LogP contribution in [0.5, 0.6) is 0 Å². The largest absolute Gasteiger partial charge is 0.321 e. The first-order chi connectivity index (χ1) is 9.54. The van der Waals surface area contributed by atoms with E-state index in [0.717, 1.165) is 6.07 Å². The van der Waals surface area contributed by atoms with Gasteiger partial charge in [-0.1, -0.05) is 18.2 Å². The van der Waals surface area contributed by atoms with Crippen molar-refractivity contribution < 1.29 is 13.6 Å². The minimum absolute atomic E-state index is 0.0124. The third-order valence-electron chi connectivity index (χ3n) is 2.81. The predicted octanol–water partition coefficient (Wildman–Crippen LogP) is 3.40. The van der Waals surface area contributed by atoms with Crippen molar-refractivity contribution in [2.45, 2.75) is 6.92 Å². The van der Waals surface area contributed by atoms with Gasteiger partial charge in [-0.15, -0.1) is 0 Å². The molecule has 2 aromatic rings. The number of nitriles is 1. The lowest BCUT2D eigenvalue weighted by molar-refractivity contribution is 0.102. The van der Waals surface area contributed by atoms with E-state index in [0.29, 0.717) is 5.56 Å². The molecule has 0 aliphatic rings. The molecule has 0 saturated carbocycles. The Morgan fingerprint density at radius 2 is 1.90 bits per heavy atom. The number of carbonyl (C=O) groups excluding carboxylic acids is 1. The summed E-state index contributed by atoms with van der Waals surface area (Å²) in [5.74, 6) is -2.11. The van der Waals surface area contributed by atoms with Gasteiger partial charge in [0.2, 0.25) is 0 Å². The highest BCUT2D eigenvalue weighted by Crippen LogP contribution is 2.20. The Morgan fingerprint density at radius 1 is 1.20 bits per heavy atom. The fourth-order valence-electron chi connectivity index (χ4n) is 1.75. The van der Waals surface area contributed by atoms with E-state index in [1.54, 1.807) is 12.1 Å². The zero-order chi connectivity index (χ0) is 14.7. The topological polar surface area (TPSA) is 52.9 Å². The average molecular weight is 272 g/mol. The Labute approximate surface area is 114 Å². The van der Waals surface area contributed by atoms with Crippen LogP contribution in [-0.4, -0.2) is 5.91 Å². The molecule has 3 nitrogen and oxygen atoms in total. The van der Waals surface area contributed by atoms with Gasteiger partial charge in [0.05, 0.1) is 11.3 Å². The maximum atomic E-state index is 13.8. The highest BCUT2D eigenvalue weighted by Gasteiger charge is 2.16. The molecule has 1 amide bonds. The second-order valence-electron chi connectivity index (χ2n) is 4.16. The predicted molar refractivity (Wildman–Crippen MR) is 70.2 cm³/mol.